The van der Waals surface area contributed by atoms with Crippen molar-refractivity contribution in [3.63, 3.8) is 0 Å². The predicted molar refractivity (Wildman–Crippen MR) is 71.4 cm³/mol. The first-order valence-corrected chi connectivity index (χ1v) is 6.76. The van der Waals surface area contributed by atoms with Crippen LogP contribution in [0.15, 0.2) is 26.4 Å². The lowest BCUT2D eigenvalue weighted by Crippen LogP contribution is -2.22. The summed E-state index contributed by atoms with van der Waals surface area (Å²) in [6.07, 6.45) is 0. The van der Waals surface area contributed by atoms with Gasteiger partial charge in [-0.15, -0.1) is 11.3 Å². The Hall–Kier alpha value is -1.07. The zero-order valence-corrected chi connectivity index (χ0v) is 11.9. The molecule has 2 aromatic rings. The van der Waals surface area contributed by atoms with E-state index in [0.717, 1.165) is 14.4 Å². The van der Waals surface area contributed by atoms with Gasteiger partial charge in [-0.05, 0) is 48.0 Å². The van der Waals surface area contributed by atoms with Crippen LogP contribution in [0, 0.1) is 13.8 Å². The topological polar surface area (TPSA) is 42.2 Å². The van der Waals surface area contributed by atoms with E-state index >= 15 is 0 Å². The maximum Gasteiger partial charge on any atom is 0.255 e. The molecule has 0 aliphatic carbocycles. The molecule has 2 heterocycles. The molecular formula is C12H12BrNO2S. The number of furan rings is 1. The van der Waals surface area contributed by atoms with Gasteiger partial charge in [0.25, 0.3) is 5.91 Å². The van der Waals surface area contributed by atoms with Crippen molar-refractivity contribution in [2.75, 3.05) is 0 Å². The summed E-state index contributed by atoms with van der Waals surface area (Å²) in [5.41, 5.74) is 0.609. The molecule has 90 valence electrons. The highest BCUT2D eigenvalue weighted by Crippen LogP contribution is 2.22. The molecule has 1 N–H and O–H groups in total. The van der Waals surface area contributed by atoms with E-state index in [2.05, 4.69) is 21.2 Å². The smallest absolute Gasteiger partial charge is 0.255 e. The van der Waals surface area contributed by atoms with Gasteiger partial charge >= 0.3 is 0 Å². The zero-order valence-electron chi connectivity index (χ0n) is 9.54. The number of hydrogen-bond donors (Lipinski definition) is 1. The number of hydrogen-bond acceptors (Lipinski definition) is 3. The SMILES string of the molecule is Cc1cc(C(=O)NCc2ccc(Br)s2)c(C)o1. The molecule has 0 atom stereocenters. The number of halogens is 1. The van der Waals surface area contributed by atoms with Crippen molar-refractivity contribution in [1.29, 1.82) is 0 Å². The molecule has 0 aliphatic rings. The average molecular weight is 314 g/mol. The van der Waals surface area contributed by atoms with Gasteiger partial charge in [0, 0.05) is 4.88 Å². The highest BCUT2D eigenvalue weighted by molar-refractivity contribution is 9.11. The van der Waals surface area contributed by atoms with Crippen LogP contribution in [0.2, 0.25) is 0 Å². The van der Waals surface area contributed by atoms with Gasteiger partial charge in [-0.3, -0.25) is 4.79 Å². The summed E-state index contributed by atoms with van der Waals surface area (Å²) < 4.78 is 6.39. The van der Waals surface area contributed by atoms with Crippen molar-refractivity contribution < 1.29 is 9.21 Å². The molecule has 2 rings (SSSR count). The maximum atomic E-state index is 11.9. The van der Waals surface area contributed by atoms with Crippen LogP contribution in [0.4, 0.5) is 0 Å². The van der Waals surface area contributed by atoms with Crippen molar-refractivity contribution in [3.05, 3.63) is 43.9 Å². The summed E-state index contributed by atoms with van der Waals surface area (Å²) in [6.45, 7) is 4.17. The quantitative estimate of drug-likeness (QED) is 0.939. The molecule has 0 saturated heterocycles. The van der Waals surface area contributed by atoms with Gasteiger partial charge in [-0.1, -0.05) is 0 Å². The summed E-state index contributed by atoms with van der Waals surface area (Å²) in [4.78, 5) is 13.0. The normalized spacial score (nSPS) is 10.5. The van der Waals surface area contributed by atoms with Crippen LogP contribution in [0.1, 0.15) is 26.8 Å². The number of rotatable bonds is 3. The zero-order chi connectivity index (χ0) is 12.4. The van der Waals surface area contributed by atoms with Crippen LogP contribution < -0.4 is 5.32 Å². The van der Waals surface area contributed by atoms with Crippen molar-refractivity contribution in [1.82, 2.24) is 5.32 Å². The van der Waals surface area contributed by atoms with Crippen molar-refractivity contribution in [2.24, 2.45) is 0 Å². The van der Waals surface area contributed by atoms with Crippen molar-refractivity contribution in [2.45, 2.75) is 20.4 Å². The lowest BCUT2D eigenvalue weighted by molar-refractivity contribution is 0.0950. The molecule has 0 aromatic carbocycles. The van der Waals surface area contributed by atoms with Crippen LogP contribution in [-0.2, 0) is 6.54 Å². The third kappa shape index (κ3) is 2.98. The summed E-state index contributed by atoms with van der Waals surface area (Å²) in [5, 5.41) is 2.87. The fraction of sp³-hybridized carbons (Fsp3) is 0.250. The van der Waals surface area contributed by atoms with Crippen LogP contribution >= 0.6 is 27.3 Å². The Bertz CT molecular complexity index is 544. The molecule has 5 heteroatoms. The molecule has 1 amide bonds. The highest BCUT2D eigenvalue weighted by atomic mass is 79.9. The van der Waals surface area contributed by atoms with Gasteiger partial charge in [0.1, 0.15) is 11.5 Å². The molecule has 0 aliphatic heterocycles. The Balaban J connectivity index is 2.00. The number of nitrogens with one attached hydrogen (secondary N) is 1. The molecule has 0 bridgehead atoms. The first-order valence-electron chi connectivity index (χ1n) is 5.15. The standard InChI is InChI=1S/C12H12BrNO2S/c1-7-5-10(8(2)16-7)12(15)14-6-9-3-4-11(13)17-9/h3-5H,6H2,1-2H3,(H,14,15). The molecular weight excluding hydrogens is 302 g/mol. The second-order valence-corrected chi connectivity index (χ2v) is 6.26. The number of carbonyl (C=O) groups excluding carboxylic acids is 1. The predicted octanol–water partition coefficient (Wildman–Crippen LogP) is 3.65. The summed E-state index contributed by atoms with van der Waals surface area (Å²) in [5.74, 6) is 1.32. The monoisotopic (exact) mass is 313 g/mol. The summed E-state index contributed by atoms with van der Waals surface area (Å²) >= 11 is 5.00. The molecule has 0 radical (unpaired) electrons. The largest absolute Gasteiger partial charge is 0.466 e. The molecule has 0 saturated carbocycles. The molecule has 0 unspecified atom stereocenters. The third-order valence-corrected chi connectivity index (χ3v) is 3.96. The molecule has 2 aromatic heterocycles. The van der Waals surface area contributed by atoms with Crippen LogP contribution in [0.3, 0.4) is 0 Å². The summed E-state index contributed by atoms with van der Waals surface area (Å²) in [6, 6.07) is 5.72. The lowest BCUT2D eigenvalue weighted by Gasteiger charge is -2.01. The third-order valence-electron chi connectivity index (χ3n) is 2.34. The fourth-order valence-corrected chi connectivity index (χ4v) is 2.99. The first kappa shape index (κ1) is 12.4. The van der Waals surface area contributed by atoms with Gasteiger partial charge < -0.3 is 9.73 Å². The van der Waals surface area contributed by atoms with E-state index in [1.165, 1.54) is 0 Å². The molecule has 0 spiro atoms. The average Bonchev–Trinajstić information content (AvgIpc) is 2.81. The molecule has 17 heavy (non-hydrogen) atoms. The molecule has 3 nitrogen and oxygen atoms in total. The van der Waals surface area contributed by atoms with Gasteiger partial charge in [-0.2, -0.15) is 0 Å². The van der Waals surface area contributed by atoms with Gasteiger partial charge in [0.15, 0.2) is 0 Å². The lowest BCUT2D eigenvalue weighted by atomic mass is 10.2. The number of amides is 1. The fourth-order valence-electron chi connectivity index (χ4n) is 1.57. The van der Waals surface area contributed by atoms with Crippen LogP contribution in [0.25, 0.3) is 0 Å². The Kier molecular flexibility index (Phi) is 3.69. The Labute approximate surface area is 112 Å². The maximum absolute atomic E-state index is 11.9. The van der Waals surface area contributed by atoms with Gasteiger partial charge in [-0.25, -0.2) is 0 Å². The minimum atomic E-state index is -0.0936. The highest BCUT2D eigenvalue weighted by Gasteiger charge is 2.13. The molecule has 0 fully saturated rings. The second kappa shape index (κ2) is 5.06. The Morgan fingerprint density at radius 2 is 2.24 bits per heavy atom. The minimum Gasteiger partial charge on any atom is -0.466 e. The minimum absolute atomic E-state index is 0.0936. The number of carbonyl (C=O) groups is 1. The van der Waals surface area contributed by atoms with E-state index in [1.807, 2.05) is 19.1 Å². The van der Waals surface area contributed by atoms with E-state index in [9.17, 15) is 4.79 Å². The van der Waals surface area contributed by atoms with E-state index in [4.69, 9.17) is 4.42 Å². The first-order chi connectivity index (χ1) is 8.06. The van der Waals surface area contributed by atoms with Gasteiger partial charge in [0.2, 0.25) is 0 Å². The van der Waals surface area contributed by atoms with Crippen LogP contribution in [-0.4, -0.2) is 5.91 Å². The number of thiophene rings is 1. The Morgan fingerprint density at radius 1 is 1.47 bits per heavy atom. The summed E-state index contributed by atoms with van der Waals surface area (Å²) in [7, 11) is 0. The van der Waals surface area contributed by atoms with E-state index in [1.54, 1.807) is 24.3 Å². The van der Waals surface area contributed by atoms with E-state index in [-0.39, 0.29) is 5.91 Å². The Morgan fingerprint density at radius 3 is 2.76 bits per heavy atom. The second-order valence-electron chi connectivity index (χ2n) is 3.72. The van der Waals surface area contributed by atoms with Crippen LogP contribution in [0.5, 0.6) is 0 Å². The van der Waals surface area contributed by atoms with Crippen molar-refractivity contribution >= 4 is 33.2 Å². The number of aryl methyl sites for hydroxylation is 2. The van der Waals surface area contributed by atoms with E-state index < -0.39 is 0 Å². The van der Waals surface area contributed by atoms with Crippen molar-refractivity contribution in [3.8, 4) is 0 Å². The van der Waals surface area contributed by atoms with Gasteiger partial charge in [0.05, 0.1) is 15.9 Å². The van der Waals surface area contributed by atoms with E-state index in [0.29, 0.717) is 17.9 Å².